The smallest absolute Gasteiger partial charge is 0.318 e. The topological polar surface area (TPSA) is 64.3 Å². The Hall–Kier alpha value is -1.07. The quantitative estimate of drug-likeness (QED) is 0.865. The molecule has 17 heavy (non-hydrogen) atoms. The number of nitrogens with two attached hydrogens (primary N) is 1. The highest BCUT2D eigenvalue weighted by Gasteiger charge is 2.25. The Morgan fingerprint density at radius 1 is 1.59 bits per heavy atom. The number of methoxy groups -OCH3 is 1. The van der Waals surface area contributed by atoms with Crippen molar-refractivity contribution in [1.82, 2.24) is 9.97 Å². The number of aromatic nitrogens is 2. The van der Waals surface area contributed by atoms with Crippen LogP contribution in [0.4, 0.5) is 5.82 Å². The maximum atomic E-state index is 6.12. The van der Waals surface area contributed by atoms with E-state index in [1.807, 2.05) is 0 Å². The number of piperidine rings is 1. The molecular weight excluding hydrogens is 240 g/mol. The Bertz CT molecular complexity index is 401. The van der Waals surface area contributed by atoms with Crippen LogP contribution in [-0.4, -0.2) is 36.2 Å². The number of rotatable bonds is 2. The number of ether oxygens (including phenoxy) is 1. The molecule has 1 aliphatic heterocycles. The summed E-state index contributed by atoms with van der Waals surface area (Å²) in [6, 6.07) is 0.598. The van der Waals surface area contributed by atoms with Gasteiger partial charge in [0.2, 0.25) is 0 Å². The van der Waals surface area contributed by atoms with E-state index in [2.05, 4.69) is 21.8 Å². The normalized spacial score (nSPS) is 24.8. The van der Waals surface area contributed by atoms with E-state index in [1.165, 1.54) is 0 Å². The Kier molecular flexibility index (Phi) is 3.69. The number of nitrogens with zero attached hydrogens (tertiary/aromatic N) is 3. The van der Waals surface area contributed by atoms with Gasteiger partial charge in [-0.05, 0) is 12.3 Å². The first-order valence-electron chi connectivity index (χ1n) is 5.69. The molecule has 0 amide bonds. The first kappa shape index (κ1) is 12.4. The van der Waals surface area contributed by atoms with Crippen molar-refractivity contribution in [1.29, 1.82) is 0 Å². The van der Waals surface area contributed by atoms with Crippen LogP contribution in [0.25, 0.3) is 0 Å². The highest BCUT2D eigenvalue weighted by molar-refractivity contribution is 6.32. The fourth-order valence-corrected chi connectivity index (χ4v) is 2.23. The predicted octanol–water partition coefficient (Wildman–Crippen LogP) is 1.31. The van der Waals surface area contributed by atoms with E-state index in [0.717, 1.165) is 25.3 Å². The van der Waals surface area contributed by atoms with E-state index < -0.39 is 0 Å². The lowest BCUT2D eigenvalue weighted by molar-refractivity contribution is 0.369. The van der Waals surface area contributed by atoms with E-state index in [1.54, 1.807) is 13.3 Å². The predicted molar refractivity (Wildman–Crippen MR) is 67.6 cm³/mol. The van der Waals surface area contributed by atoms with Gasteiger partial charge in [0.05, 0.1) is 13.3 Å². The third kappa shape index (κ3) is 2.61. The Balaban J connectivity index is 2.21. The van der Waals surface area contributed by atoms with Gasteiger partial charge in [-0.1, -0.05) is 18.5 Å². The van der Waals surface area contributed by atoms with Crippen LogP contribution >= 0.6 is 11.6 Å². The van der Waals surface area contributed by atoms with Crippen molar-refractivity contribution < 1.29 is 4.74 Å². The molecule has 0 bridgehead atoms. The van der Waals surface area contributed by atoms with Crippen LogP contribution in [0.3, 0.4) is 0 Å². The lowest BCUT2D eigenvalue weighted by atomic mass is 9.95. The maximum Gasteiger partial charge on any atom is 0.318 e. The van der Waals surface area contributed by atoms with Gasteiger partial charge >= 0.3 is 6.01 Å². The van der Waals surface area contributed by atoms with Gasteiger partial charge in [-0.15, -0.1) is 0 Å². The van der Waals surface area contributed by atoms with E-state index in [0.29, 0.717) is 17.0 Å². The monoisotopic (exact) mass is 256 g/mol. The average molecular weight is 257 g/mol. The van der Waals surface area contributed by atoms with Crippen molar-refractivity contribution in [3.05, 3.63) is 11.2 Å². The van der Waals surface area contributed by atoms with Crippen LogP contribution in [0, 0.1) is 5.92 Å². The van der Waals surface area contributed by atoms with Crippen molar-refractivity contribution in [2.75, 3.05) is 25.1 Å². The van der Waals surface area contributed by atoms with Gasteiger partial charge in [0.15, 0.2) is 5.82 Å². The van der Waals surface area contributed by atoms with Crippen LogP contribution in [-0.2, 0) is 0 Å². The summed E-state index contributed by atoms with van der Waals surface area (Å²) in [4.78, 5) is 10.4. The second-order valence-corrected chi connectivity index (χ2v) is 4.81. The van der Waals surface area contributed by atoms with Crippen molar-refractivity contribution in [2.24, 2.45) is 11.7 Å². The first-order chi connectivity index (χ1) is 8.11. The number of hydrogen-bond donors (Lipinski definition) is 1. The maximum absolute atomic E-state index is 6.12. The summed E-state index contributed by atoms with van der Waals surface area (Å²) in [6.45, 7) is 3.87. The number of hydrogen-bond acceptors (Lipinski definition) is 5. The molecule has 1 fully saturated rings. The molecule has 2 unspecified atom stereocenters. The average Bonchev–Trinajstić information content (AvgIpc) is 2.33. The molecule has 1 aromatic heterocycles. The SMILES string of the molecule is COc1ncc(Cl)c(N2CCC(N)C(C)C2)n1. The summed E-state index contributed by atoms with van der Waals surface area (Å²) >= 11 is 6.12. The van der Waals surface area contributed by atoms with Crippen LogP contribution in [0.15, 0.2) is 6.20 Å². The summed E-state index contributed by atoms with van der Waals surface area (Å²) in [5, 5.41) is 0.550. The zero-order valence-electron chi connectivity index (χ0n) is 10.1. The van der Waals surface area contributed by atoms with E-state index in [4.69, 9.17) is 22.1 Å². The molecule has 2 N–H and O–H groups in total. The Morgan fingerprint density at radius 3 is 3.00 bits per heavy atom. The van der Waals surface area contributed by atoms with Crippen LogP contribution in [0.2, 0.25) is 5.02 Å². The number of halogens is 1. The Labute approximate surface area is 106 Å². The summed E-state index contributed by atoms with van der Waals surface area (Å²) in [5.74, 6) is 1.16. The number of anilines is 1. The van der Waals surface area contributed by atoms with Crippen LogP contribution < -0.4 is 15.4 Å². The molecule has 1 aromatic rings. The summed E-state index contributed by atoms with van der Waals surface area (Å²) in [5.41, 5.74) is 6.00. The highest BCUT2D eigenvalue weighted by atomic mass is 35.5. The minimum absolute atomic E-state index is 0.258. The van der Waals surface area contributed by atoms with E-state index >= 15 is 0 Å². The molecule has 0 spiro atoms. The van der Waals surface area contributed by atoms with Crippen LogP contribution in [0.1, 0.15) is 13.3 Å². The van der Waals surface area contributed by atoms with Gasteiger partial charge in [0, 0.05) is 19.1 Å². The van der Waals surface area contributed by atoms with E-state index in [-0.39, 0.29) is 6.04 Å². The second kappa shape index (κ2) is 5.06. The molecule has 0 aliphatic carbocycles. The molecule has 2 atom stereocenters. The molecule has 94 valence electrons. The van der Waals surface area contributed by atoms with Crippen molar-refractivity contribution in [2.45, 2.75) is 19.4 Å². The van der Waals surface area contributed by atoms with Crippen molar-refractivity contribution >= 4 is 17.4 Å². The standard InChI is InChI=1S/C11H17ClN4O/c1-7-6-16(4-3-9(7)13)10-8(12)5-14-11(15-10)17-2/h5,7,9H,3-4,6,13H2,1-2H3. The van der Waals surface area contributed by atoms with E-state index in [9.17, 15) is 0 Å². The molecule has 0 aromatic carbocycles. The summed E-state index contributed by atoms with van der Waals surface area (Å²) < 4.78 is 5.02. The lowest BCUT2D eigenvalue weighted by Crippen LogP contribution is -2.46. The van der Waals surface area contributed by atoms with Crippen molar-refractivity contribution in [3.63, 3.8) is 0 Å². The van der Waals surface area contributed by atoms with Gasteiger partial charge in [-0.3, -0.25) is 0 Å². The largest absolute Gasteiger partial charge is 0.467 e. The van der Waals surface area contributed by atoms with Gasteiger partial charge in [-0.25, -0.2) is 4.98 Å². The molecule has 6 heteroatoms. The molecule has 2 rings (SSSR count). The highest BCUT2D eigenvalue weighted by Crippen LogP contribution is 2.28. The fraction of sp³-hybridized carbons (Fsp3) is 0.636. The lowest BCUT2D eigenvalue weighted by Gasteiger charge is -2.36. The van der Waals surface area contributed by atoms with Gasteiger partial charge in [0.25, 0.3) is 0 Å². The fourth-order valence-electron chi connectivity index (χ4n) is 2.02. The zero-order valence-corrected chi connectivity index (χ0v) is 10.8. The zero-order chi connectivity index (χ0) is 12.4. The van der Waals surface area contributed by atoms with Crippen LogP contribution in [0.5, 0.6) is 6.01 Å². The summed E-state index contributed by atoms with van der Waals surface area (Å²) in [6.07, 6.45) is 2.52. The minimum Gasteiger partial charge on any atom is -0.467 e. The van der Waals surface area contributed by atoms with Gasteiger partial charge in [0.1, 0.15) is 5.02 Å². The third-order valence-electron chi connectivity index (χ3n) is 3.16. The molecule has 2 heterocycles. The molecule has 0 saturated carbocycles. The van der Waals surface area contributed by atoms with Gasteiger partial charge < -0.3 is 15.4 Å². The molecule has 1 saturated heterocycles. The molecule has 0 radical (unpaired) electrons. The summed E-state index contributed by atoms with van der Waals surface area (Å²) in [7, 11) is 1.54. The van der Waals surface area contributed by atoms with Gasteiger partial charge in [-0.2, -0.15) is 4.98 Å². The minimum atomic E-state index is 0.258. The van der Waals surface area contributed by atoms with Crippen molar-refractivity contribution in [3.8, 4) is 6.01 Å². The first-order valence-corrected chi connectivity index (χ1v) is 6.06. The second-order valence-electron chi connectivity index (χ2n) is 4.40. The molecule has 1 aliphatic rings. The Morgan fingerprint density at radius 2 is 2.35 bits per heavy atom. The third-order valence-corrected chi connectivity index (χ3v) is 3.42. The molecular formula is C11H17ClN4O. The molecule has 5 nitrogen and oxygen atoms in total.